The van der Waals surface area contributed by atoms with Crippen LogP contribution in [0.3, 0.4) is 0 Å². The largest absolute Gasteiger partial charge is 0.394 e. The Hall–Kier alpha value is -2.17. The van der Waals surface area contributed by atoms with Gasteiger partial charge in [-0.05, 0) is 30.5 Å². The highest BCUT2D eigenvalue weighted by Gasteiger charge is 2.39. The van der Waals surface area contributed by atoms with Gasteiger partial charge in [-0.15, -0.1) is 11.6 Å². The van der Waals surface area contributed by atoms with E-state index in [1.807, 2.05) is 30.3 Å². The Morgan fingerprint density at radius 1 is 0.926 bits per heavy atom. The van der Waals surface area contributed by atoms with Gasteiger partial charge in [-0.2, -0.15) is 0 Å². The molecule has 0 spiro atoms. The van der Waals surface area contributed by atoms with Crippen LogP contribution >= 0.6 is 11.6 Å². The molecule has 2 aromatic rings. The molecule has 0 fully saturated rings. The number of carbonyl (C=O) groups is 2. The number of hydrogen-bond acceptors (Lipinski definition) is 3. The van der Waals surface area contributed by atoms with Crippen LogP contribution in [-0.4, -0.2) is 40.3 Å². The predicted octanol–water partition coefficient (Wildman–Crippen LogP) is 4.30. The summed E-state index contributed by atoms with van der Waals surface area (Å²) in [6.45, 7) is 1.92. The highest BCUT2D eigenvalue weighted by molar-refractivity contribution is 6.21. The molecule has 27 heavy (non-hydrogen) atoms. The van der Waals surface area contributed by atoms with Gasteiger partial charge in [-0.1, -0.05) is 62.2 Å². The summed E-state index contributed by atoms with van der Waals surface area (Å²) in [7, 11) is 0. The van der Waals surface area contributed by atoms with E-state index in [-0.39, 0.29) is 18.4 Å². The van der Waals surface area contributed by atoms with Gasteiger partial charge in [-0.3, -0.25) is 14.5 Å². The molecule has 0 saturated heterocycles. The lowest BCUT2D eigenvalue weighted by Crippen LogP contribution is -2.43. The summed E-state index contributed by atoms with van der Waals surface area (Å²) in [5.74, 6) is 0.171. The first-order chi connectivity index (χ1) is 13.1. The average Bonchev–Trinajstić information content (AvgIpc) is 2.97. The van der Waals surface area contributed by atoms with Gasteiger partial charge in [-0.25, -0.2) is 0 Å². The Morgan fingerprint density at radius 3 is 1.93 bits per heavy atom. The van der Waals surface area contributed by atoms with Crippen LogP contribution in [0.2, 0.25) is 0 Å². The molecule has 0 radical (unpaired) electrons. The molecule has 0 aromatic heterocycles. The second kappa shape index (κ2) is 10.9. The Labute approximate surface area is 165 Å². The Bertz CT molecular complexity index is 709. The normalized spacial score (nSPS) is 13.8. The van der Waals surface area contributed by atoms with E-state index in [1.54, 1.807) is 24.3 Å². The third-order valence-electron chi connectivity index (χ3n) is 4.45. The molecule has 1 heterocycles. The van der Waals surface area contributed by atoms with Gasteiger partial charge in [0.15, 0.2) is 0 Å². The number of unbranched alkanes of at least 4 members (excludes halogenated alkanes) is 2. The number of fused-ring (bicyclic) bond motifs is 1. The third-order valence-corrected chi connectivity index (χ3v) is 4.72. The Morgan fingerprint density at radius 2 is 1.48 bits per heavy atom. The van der Waals surface area contributed by atoms with Crippen molar-refractivity contribution in [3.8, 4) is 0 Å². The van der Waals surface area contributed by atoms with Crippen molar-refractivity contribution in [2.45, 2.75) is 38.6 Å². The highest BCUT2D eigenvalue weighted by atomic mass is 35.5. The van der Waals surface area contributed by atoms with Crippen LogP contribution in [0.5, 0.6) is 0 Å². The lowest BCUT2D eigenvalue weighted by atomic mass is 10.1. The Kier molecular flexibility index (Phi) is 8.49. The minimum Gasteiger partial charge on any atom is -0.394 e. The molecule has 3 rings (SSSR count). The van der Waals surface area contributed by atoms with E-state index in [1.165, 1.54) is 24.2 Å². The zero-order valence-electron chi connectivity index (χ0n) is 15.6. The maximum atomic E-state index is 12.4. The number of hydrogen-bond donors (Lipinski definition) is 1. The minimum atomic E-state index is -0.542. The molecule has 5 heteroatoms. The molecule has 0 saturated carbocycles. The number of halogens is 1. The van der Waals surface area contributed by atoms with Gasteiger partial charge in [0.2, 0.25) is 0 Å². The predicted molar refractivity (Wildman–Crippen MR) is 108 cm³/mol. The number of nitrogens with zero attached hydrogens (tertiary/aromatic N) is 1. The Balaban J connectivity index is 0.000000380. The summed E-state index contributed by atoms with van der Waals surface area (Å²) in [4.78, 5) is 26.0. The standard InChI is InChI=1S/C17H15NO3.C5H11Cl/c19-11-13(10-12-6-2-1-3-7-12)18-16(20)14-8-4-5-9-15(14)17(18)21;1-2-3-4-5-6/h1-9,13,19H,10-11H2;2-5H2,1H3. The molecule has 1 aliphatic heterocycles. The third kappa shape index (κ3) is 5.41. The number of aliphatic hydroxyl groups is 1. The van der Waals surface area contributed by atoms with Gasteiger partial charge >= 0.3 is 0 Å². The van der Waals surface area contributed by atoms with E-state index in [9.17, 15) is 14.7 Å². The molecule has 0 bridgehead atoms. The van der Waals surface area contributed by atoms with E-state index < -0.39 is 6.04 Å². The molecule has 1 atom stereocenters. The molecule has 1 aliphatic rings. The monoisotopic (exact) mass is 387 g/mol. The minimum absolute atomic E-state index is 0.250. The van der Waals surface area contributed by atoms with Crippen LogP contribution in [0, 0.1) is 0 Å². The summed E-state index contributed by atoms with van der Waals surface area (Å²) in [6.07, 6.45) is 4.18. The lowest BCUT2D eigenvalue weighted by Gasteiger charge is -2.24. The van der Waals surface area contributed by atoms with E-state index >= 15 is 0 Å². The van der Waals surface area contributed by atoms with Gasteiger partial charge < -0.3 is 5.11 Å². The van der Waals surface area contributed by atoms with Crippen molar-refractivity contribution in [3.05, 3.63) is 71.3 Å². The first kappa shape index (κ1) is 21.1. The molecule has 1 unspecified atom stereocenters. The van der Waals surface area contributed by atoms with Crippen molar-refractivity contribution in [1.82, 2.24) is 4.90 Å². The van der Waals surface area contributed by atoms with Crippen molar-refractivity contribution < 1.29 is 14.7 Å². The van der Waals surface area contributed by atoms with E-state index in [2.05, 4.69) is 6.92 Å². The SMILES string of the molecule is CCCCCCl.O=C1c2ccccc2C(=O)N1C(CO)Cc1ccccc1. The number of amides is 2. The van der Waals surface area contributed by atoms with Crippen LogP contribution in [0.15, 0.2) is 54.6 Å². The molecule has 4 nitrogen and oxygen atoms in total. The second-order valence-electron chi connectivity index (χ2n) is 6.45. The number of benzene rings is 2. The summed E-state index contributed by atoms with van der Waals surface area (Å²) in [5.41, 5.74) is 1.80. The first-order valence-corrected chi connectivity index (χ1v) is 9.85. The zero-order valence-corrected chi connectivity index (χ0v) is 16.4. The maximum Gasteiger partial charge on any atom is 0.261 e. The van der Waals surface area contributed by atoms with Crippen molar-refractivity contribution in [1.29, 1.82) is 0 Å². The van der Waals surface area contributed by atoms with Crippen molar-refractivity contribution in [2.75, 3.05) is 12.5 Å². The number of aliphatic hydroxyl groups excluding tert-OH is 1. The van der Waals surface area contributed by atoms with Gasteiger partial charge in [0.25, 0.3) is 11.8 Å². The first-order valence-electron chi connectivity index (χ1n) is 9.31. The van der Waals surface area contributed by atoms with Gasteiger partial charge in [0.1, 0.15) is 0 Å². The number of rotatable bonds is 7. The molecular weight excluding hydrogens is 362 g/mol. The van der Waals surface area contributed by atoms with Crippen LogP contribution in [0.4, 0.5) is 0 Å². The molecule has 0 aliphatic carbocycles. The maximum absolute atomic E-state index is 12.4. The van der Waals surface area contributed by atoms with Crippen LogP contribution in [0.1, 0.15) is 52.5 Å². The highest BCUT2D eigenvalue weighted by Crippen LogP contribution is 2.25. The summed E-state index contributed by atoms with van der Waals surface area (Å²) >= 11 is 5.38. The van der Waals surface area contributed by atoms with E-state index in [0.717, 1.165) is 11.4 Å². The number of carbonyl (C=O) groups excluding carboxylic acids is 2. The molecule has 2 amide bonds. The van der Waals surface area contributed by atoms with Crippen molar-refractivity contribution >= 4 is 23.4 Å². The fourth-order valence-electron chi connectivity index (χ4n) is 3.01. The molecule has 2 aromatic carbocycles. The van der Waals surface area contributed by atoms with Crippen LogP contribution in [-0.2, 0) is 6.42 Å². The fourth-order valence-corrected chi connectivity index (χ4v) is 3.20. The topological polar surface area (TPSA) is 57.6 Å². The quantitative estimate of drug-likeness (QED) is 0.437. The second-order valence-corrected chi connectivity index (χ2v) is 6.83. The smallest absolute Gasteiger partial charge is 0.261 e. The number of imide groups is 1. The summed E-state index contributed by atoms with van der Waals surface area (Å²) in [5, 5.41) is 9.62. The van der Waals surface area contributed by atoms with Crippen molar-refractivity contribution in [3.63, 3.8) is 0 Å². The summed E-state index contributed by atoms with van der Waals surface area (Å²) in [6, 6.07) is 15.7. The average molecular weight is 388 g/mol. The molecular formula is C22H26ClNO3. The number of alkyl halides is 1. The molecule has 144 valence electrons. The van der Waals surface area contributed by atoms with Crippen LogP contribution < -0.4 is 0 Å². The van der Waals surface area contributed by atoms with Gasteiger partial charge in [0.05, 0.1) is 23.8 Å². The summed E-state index contributed by atoms with van der Waals surface area (Å²) < 4.78 is 0. The van der Waals surface area contributed by atoms with E-state index in [0.29, 0.717) is 17.5 Å². The molecule has 1 N–H and O–H groups in total. The zero-order chi connectivity index (χ0) is 19.6. The van der Waals surface area contributed by atoms with E-state index in [4.69, 9.17) is 11.6 Å². The van der Waals surface area contributed by atoms with Crippen LogP contribution in [0.25, 0.3) is 0 Å². The lowest BCUT2D eigenvalue weighted by molar-refractivity contribution is 0.0516. The fraction of sp³-hybridized carbons (Fsp3) is 0.364. The van der Waals surface area contributed by atoms with Crippen molar-refractivity contribution in [2.24, 2.45) is 0 Å². The van der Waals surface area contributed by atoms with Gasteiger partial charge in [0, 0.05) is 5.88 Å².